The number of rotatable bonds is 4. The van der Waals surface area contributed by atoms with Crippen LogP contribution >= 0.6 is 11.8 Å². The summed E-state index contributed by atoms with van der Waals surface area (Å²) in [7, 11) is 2.08. The third-order valence-electron chi connectivity index (χ3n) is 3.15. The lowest BCUT2D eigenvalue weighted by Gasteiger charge is -2.36. The second-order valence-corrected chi connectivity index (χ2v) is 6.32. The summed E-state index contributed by atoms with van der Waals surface area (Å²) in [6, 6.07) is 0.753. The van der Waals surface area contributed by atoms with E-state index >= 15 is 0 Å². The topological polar surface area (TPSA) is 15.3 Å². The summed E-state index contributed by atoms with van der Waals surface area (Å²) in [5.41, 5.74) is 0. The predicted molar refractivity (Wildman–Crippen MR) is 66.1 cm³/mol. The molecular formula is C11H24N2S. The number of likely N-dealkylation sites (tertiary alicyclic amines) is 1. The summed E-state index contributed by atoms with van der Waals surface area (Å²) in [6.45, 7) is 8.42. The molecule has 0 aromatic carbocycles. The molecule has 1 aliphatic heterocycles. The predicted octanol–water partition coefficient (Wildman–Crippen LogP) is 1.81. The lowest BCUT2D eigenvalue weighted by molar-refractivity contribution is 0.191. The van der Waals surface area contributed by atoms with Crippen LogP contribution in [0.3, 0.4) is 0 Å². The van der Waals surface area contributed by atoms with Crippen molar-refractivity contribution in [3.05, 3.63) is 0 Å². The number of thioether (sulfide) groups is 1. The summed E-state index contributed by atoms with van der Waals surface area (Å²) < 4.78 is 0.409. The zero-order valence-corrected chi connectivity index (χ0v) is 10.8. The molecule has 0 radical (unpaired) electrons. The van der Waals surface area contributed by atoms with Gasteiger partial charge in [-0.3, -0.25) is 0 Å². The zero-order valence-electron chi connectivity index (χ0n) is 9.97. The molecule has 2 nitrogen and oxygen atoms in total. The third-order valence-corrected chi connectivity index (χ3v) is 4.39. The van der Waals surface area contributed by atoms with Crippen LogP contribution < -0.4 is 5.32 Å². The second kappa shape index (κ2) is 5.38. The van der Waals surface area contributed by atoms with Crippen molar-refractivity contribution in [1.29, 1.82) is 0 Å². The fourth-order valence-corrected chi connectivity index (χ4v) is 2.29. The van der Waals surface area contributed by atoms with Crippen LogP contribution in [-0.4, -0.2) is 48.6 Å². The molecule has 0 saturated carbocycles. The summed E-state index contributed by atoms with van der Waals surface area (Å²) in [6.07, 6.45) is 4.82. The monoisotopic (exact) mass is 216 g/mol. The van der Waals surface area contributed by atoms with Gasteiger partial charge in [-0.05, 0) is 53.1 Å². The summed E-state index contributed by atoms with van der Waals surface area (Å²) in [5, 5.41) is 3.37. The fourth-order valence-electron chi connectivity index (χ4n) is 1.98. The molecule has 84 valence electrons. The van der Waals surface area contributed by atoms with Gasteiger partial charge in [-0.15, -0.1) is 0 Å². The minimum absolute atomic E-state index is 0.409. The van der Waals surface area contributed by atoms with Crippen LogP contribution in [0.5, 0.6) is 0 Å². The smallest absolute Gasteiger partial charge is 0.0227 e. The van der Waals surface area contributed by atoms with Crippen LogP contribution in [0.25, 0.3) is 0 Å². The Kier molecular flexibility index (Phi) is 4.74. The highest BCUT2D eigenvalue weighted by Crippen LogP contribution is 2.24. The molecule has 0 spiro atoms. The Morgan fingerprint density at radius 3 is 2.36 bits per heavy atom. The first-order chi connectivity index (χ1) is 6.57. The van der Waals surface area contributed by atoms with Gasteiger partial charge in [0.25, 0.3) is 0 Å². The SMILES string of the molecule is CNC1CCN(CC(C)(C)SC)CC1. The Morgan fingerprint density at radius 1 is 1.36 bits per heavy atom. The molecule has 1 heterocycles. The van der Waals surface area contributed by atoms with Crippen LogP contribution in [-0.2, 0) is 0 Å². The first kappa shape index (κ1) is 12.3. The van der Waals surface area contributed by atoms with Gasteiger partial charge in [0.1, 0.15) is 0 Å². The van der Waals surface area contributed by atoms with E-state index in [1.54, 1.807) is 0 Å². The van der Waals surface area contributed by atoms with Gasteiger partial charge < -0.3 is 10.2 Å². The van der Waals surface area contributed by atoms with Gasteiger partial charge in [0.15, 0.2) is 0 Å². The molecule has 1 aliphatic rings. The van der Waals surface area contributed by atoms with Gasteiger partial charge in [0, 0.05) is 17.3 Å². The average Bonchev–Trinajstić information content (AvgIpc) is 2.19. The van der Waals surface area contributed by atoms with Crippen molar-refractivity contribution < 1.29 is 0 Å². The zero-order chi connectivity index (χ0) is 10.6. The van der Waals surface area contributed by atoms with Gasteiger partial charge in [-0.25, -0.2) is 0 Å². The molecule has 3 heteroatoms. The van der Waals surface area contributed by atoms with Crippen molar-refractivity contribution in [2.45, 2.75) is 37.5 Å². The van der Waals surface area contributed by atoms with E-state index in [1.165, 1.54) is 32.5 Å². The third kappa shape index (κ3) is 3.79. The molecule has 0 aromatic heterocycles. The van der Waals surface area contributed by atoms with E-state index in [9.17, 15) is 0 Å². The first-order valence-electron chi connectivity index (χ1n) is 5.52. The highest BCUT2D eigenvalue weighted by molar-refractivity contribution is 7.99. The Balaban J connectivity index is 2.28. The maximum atomic E-state index is 3.37. The summed E-state index contributed by atoms with van der Waals surface area (Å²) in [4.78, 5) is 2.60. The number of nitrogens with zero attached hydrogens (tertiary/aromatic N) is 1. The minimum Gasteiger partial charge on any atom is -0.317 e. The van der Waals surface area contributed by atoms with Gasteiger partial charge in [0.2, 0.25) is 0 Å². The van der Waals surface area contributed by atoms with E-state index in [1.807, 2.05) is 11.8 Å². The highest BCUT2D eigenvalue weighted by atomic mass is 32.2. The molecule has 1 rings (SSSR count). The van der Waals surface area contributed by atoms with Crippen molar-refractivity contribution in [3.8, 4) is 0 Å². The molecular weight excluding hydrogens is 192 g/mol. The Bertz CT molecular complexity index is 163. The van der Waals surface area contributed by atoms with E-state index in [2.05, 4.69) is 37.4 Å². The van der Waals surface area contributed by atoms with Crippen LogP contribution in [0.15, 0.2) is 0 Å². The minimum atomic E-state index is 0.409. The molecule has 1 saturated heterocycles. The number of piperidine rings is 1. The molecule has 0 atom stereocenters. The van der Waals surface area contributed by atoms with Crippen LogP contribution in [0.2, 0.25) is 0 Å². The van der Waals surface area contributed by atoms with Gasteiger partial charge in [-0.1, -0.05) is 0 Å². The highest BCUT2D eigenvalue weighted by Gasteiger charge is 2.24. The lowest BCUT2D eigenvalue weighted by Crippen LogP contribution is -2.45. The van der Waals surface area contributed by atoms with E-state index in [0.717, 1.165) is 6.04 Å². The molecule has 1 N–H and O–H groups in total. The molecule has 0 aromatic rings. The average molecular weight is 216 g/mol. The molecule has 1 fully saturated rings. The molecule has 0 bridgehead atoms. The second-order valence-electron chi connectivity index (χ2n) is 4.80. The number of hydrogen-bond donors (Lipinski definition) is 1. The van der Waals surface area contributed by atoms with Crippen molar-refractivity contribution in [2.24, 2.45) is 0 Å². The van der Waals surface area contributed by atoms with Crippen LogP contribution in [0.4, 0.5) is 0 Å². The van der Waals surface area contributed by atoms with Crippen molar-refractivity contribution in [3.63, 3.8) is 0 Å². The molecule has 0 aliphatic carbocycles. The Morgan fingerprint density at radius 2 is 1.93 bits per heavy atom. The van der Waals surface area contributed by atoms with Gasteiger partial charge in [-0.2, -0.15) is 11.8 Å². The van der Waals surface area contributed by atoms with Crippen LogP contribution in [0.1, 0.15) is 26.7 Å². The van der Waals surface area contributed by atoms with E-state index in [0.29, 0.717) is 4.75 Å². The summed E-state index contributed by atoms with van der Waals surface area (Å²) >= 11 is 1.97. The Labute approximate surface area is 92.8 Å². The maximum absolute atomic E-state index is 3.37. The lowest BCUT2D eigenvalue weighted by atomic mass is 10.0. The molecule has 14 heavy (non-hydrogen) atoms. The van der Waals surface area contributed by atoms with Crippen LogP contribution in [0, 0.1) is 0 Å². The van der Waals surface area contributed by atoms with Crippen molar-refractivity contribution in [2.75, 3.05) is 32.9 Å². The van der Waals surface area contributed by atoms with Crippen molar-refractivity contribution in [1.82, 2.24) is 10.2 Å². The van der Waals surface area contributed by atoms with E-state index in [-0.39, 0.29) is 0 Å². The van der Waals surface area contributed by atoms with Gasteiger partial charge in [0.05, 0.1) is 0 Å². The van der Waals surface area contributed by atoms with E-state index in [4.69, 9.17) is 0 Å². The van der Waals surface area contributed by atoms with Gasteiger partial charge >= 0.3 is 0 Å². The molecule has 0 amide bonds. The largest absolute Gasteiger partial charge is 0.317 e. The maximum Gasteiger partial charge on any atom is 0.0227 e. The van der Waals surface area contributed by atoms with Crippen molar-refractivity contribution >= 4 is 11.8 Å². The number of hydrogen-bond acceptors (Lipinski definition) is 3. The standard InChI is InChI=1S/C11H24N2S/c1-11(2,14-4)9-13-7-5-10(12-3)6-8-13/h10,12H,5-9H2,1-4H3. The number of nitrogens with one attached hydrogen (secondary N) is 1. The fraction of sp³-hybridized carbons (Fsp3) is 1.00. The summed E-state index contributed by atoms with van der Waals surface area (Å²) in [5.74, 6) is 0. The molecule has 0 unspecified atom stereocenters. The quantitative estimate of drug-likeness (QED) is 0.771. The normalized spacial score (nSPS) is 21.4. The van der Waals surface area contributed by atoms with E-state index < -0.39 is 0 Å². The Hall–Kier alpha value is 0.270. The first-order valence-corrected chi connectivity index (χ1v) is 6.74.